The number of hydrogen-bond acceptors (Lipinski definition) is 0. The summed E-state index contributed by atoms with van der Waals surface area (Å²) >= 11 is 7.10. The summed E-state index contributed by atoms with van der Waals surface area (Å²) in [7, 11) is 0. The molecule has 0 nitrogen and oxygen atoms in total. The van der Waals surface area contributed by atoms with Crippen molar-refractivity contribution in [2.75, 3.05) is 0 Å². The van der Waals surface area contributed by atoms with Gasteiger partial charge in [0.25, 0.3) is 0 Å². The number of halogens is 1. The van der Waals surface area contributed by atoms with E-state index in [1.54, 1.807) is 0 Å². The Labute approximate surface area is 86.2 Å². The maximum absolute atomic E-state index is 5.98. The van der Waals surface area contributed by atoms with E-state index in [4.69, 9.17) is 18.0 Å². The lowest BCUT2D eigenvalue weighted by Gasteiger charge is -2.08. The van der Waals surface area contributed by atoms with Gasteiger partial charge in [-0.05, 0) is 17.0 Å². The van der Waals surface area contributed by atoms with Gasteiger partial charge in [0.2, 0.25) is 0 Å². The lowest BCUT2D eigenvalue weighted by molar-refractivity contribution is 1.39. The van der Waals surface area contributed by atoms with Crippen molar-refractivity contribution in [2.24, 2.45) is 0 Å². The number of benzene rings is 1. The van der Waals surface area contributed by atoms with Gasteiger partial charge in [0.05, 0.1) is 10.6 Å². The van der Waals surface area contributed by atoms with Gasteiger partial charge >= 0.3 is 0 Å². The van der Waals surface area contributed by atoms with Crippen molar-refractivity contribution in [2.45, 2.75) is 4.90 Å². The largest absolute Gasteiger partial charge is 0.167 e. The second-order valence-electron chi connectivity index (χ2n) is 2.64. The molecule has 64 valence electrons. The molecule has 0 fully saturated rings. The molecule has 0 aliphatic carbocycles. The molecule has 2 rings (SSSR count). The topological polar surface area (TPSA) is 0 Å². The van der Waals surface area contributed by atoms with E-state index in [9.17, 15) is 0 Å². The zero-order chi connectivity index (χ0) is 9.26. The van der Waals surface area contributed by atoms with Gasteiger partial charge in [0.1, 0.15) is 0 Å². The van der Waals surface area contributed by atoms with Crippen LogP contribution in [0.15, 0.2) is 23.1 Å². The lowest BCUT2D eigenvalue weighted by Crippen LogP contribution is -1.88. The third-order valence-corrected chi connectivity index (χ3v) is 3.24. The molecule has 0 aromatic heterocycles. The van der Waals surface area contributed by atoms with Crippen LogP contribution >= 0.6 is 23.0 Å². The van der Waals surface area contributed by atoms with E-state index in [1.807, 2.05) is 24.3 Å². The summed E-state index contributed by atoms with van der Waals surface area (Å²) in [6.07, 6.45) is 9.47. The molecule has 0 spiro atoms. The van der Waals surface area contributed by atoms with Gasteiger partial charge in [-0.25, -0.2) is 0 Å². The highest BCUT2D eigenvalue weighted by atomic mass is 35.5. The van der Waals surface area contributed by atoms with E-state index in [-0.39, 0.29) is 0 Å². The molecule has 0 unspecified atom stereocenters. The first-order valence-electron chi connectivity index (χ1n) is 3.83. The Morgan fingerprint density at radius 1 is 1.38 bits per heavy atom. The number of thiol groups is 1. The Bertz CT molecular complexity index is 450. The van der Waals surface area contributed by atoms with Crippen molar-refractivity contribution in [3.63, 3.8) is 0 Å². The first-order valence-corrected chi connectivity index (χ1v) is 5.17. The van der Waals surface area contributed by atoms with Crippen LogP contribution in [0.2, 0.25) is 5.02 Å². The fraction of sp³-hybridized carbons (Fsp3) is 0. The van der Waals surface area contributed by atoms with Gasteiger partial charge in [-0.15, -0.1) is 6.42 Å². The van der Waals surface area contributed by atoms with Crippen LogP contribution in [-0.2, 0) is 0 Å². The summed E-state index contributed by atoms with van der Waals surface area (Å²) in [5.41, 5.74) is 1.99. The SMILES string of the molecule is C#Cc1c(Cl)ccc2c1[SH]=CC=C2. The molecular weight excluding hydrogens is 200 g/mol. The van der Waals surface area contributed by atoms with Gasteiger partial charge in [-0.2, -0.15) is 11.4 Å². The minimum absolute atomic E-state index is 0.664. The van der Waals surface area contributed by atoms with Crippen LogP contribution in [0, 0.1) is 12.3 Å². The Morgan fingerprint density at radius 3 is 3.00 bits per heavy atom. The van der Waals surface area contributed by atoms with Crippen molar-refractivity contribution in [1.82, 2.24) is 0 Å². The number of hydrogen-bond donors (Lipinski definition) is 1. The van der Waals surface area contributed by atoms with Gasteiger partial charge < -0.3 is 0 Å². The van der Waals surface area contributed by atoms with Crippen LogP contribution in [-0.4, -0.2) is 5.37 Å². The predicted octanol–water partition coefficient (Wildman–Crippen LogP) is 2.97. The molecule has 2 heteroatoms. The minimum Gasteiger partial charge on any atom is -0.167 e. The molecule has 0 N–H and O–H groups in total. The summed E-state index contributed by atoms with van der Waals surface area (Å²) in [5.74, 6) is 2.63. The van der Waals surface area contributed by atoms with Gasteiger partial charge in [0.15, 0.2) is 0 Å². The molecule has 1 heterocycles. The van der Waals surface area contributed by atoms with Crippen molar-refractivity contribution in [1.29, 1.82) is 0 Å². The number of allylic oxidation sites excluding steroid dienone is 1. The fourth-order valence-electron chi connectivity index (χ4n) is 1.26. The van der Waals surface area contributed by atoms with E-state index in [2.05, 4.69) is 11.3 Å². The number of rotatable bonds is 0. The molecule has 0 atom stereocenters. The summed E-state index contributed by atoms with van der Waals surface area (Å²) < 4.78 is 0. The van der Waals surface area contributed by atoms with Crippen LogP contribution in [0.3, 0.4) is 0 Å². The fourth-order valence-corrected chi connectivity index (χ4v) is 2.47. The summed E-state index contributed by atoms with van der Waals surface area (Å²) in [6, 6.07) is 3.84. The molecule has 0 saturated heterocycles. The van der Waals surface area contributed by atoms with E-state index >= 15 is 0 Å². The molecule has 1 aliphatic rings. The zero-order valence-electron chi connectivity index (χ0n) is 6.79. The Kier molecular flexibility index (Phi) is 2.26. The van der Waals surface area contributed by atoms with E-state index in [0.717, 1.165) is 21.8 Å². The van der Waals surface area contributed by atoms with E-state index in [1.165, 1.54) is 5.56 Å². The Hall–Kier alpha value is -0.970. The Balaban J connectivity index is 2.77. The summed E-state index contributed by atoms with van der Waals surface area (Å²) in [6.45, 7) is 0. The highest BCUT2D eigenvalue weighted by Crippen LogP contribution is 2.30. The molecular formula is C11H7ClS. The van der Waals surface area contributed by atoms with Crippen molar-refractivity contribution in [3.8, 4) is 12.3 Å². The number of fused-ring (bicyclic) bond motifs is 1. The smallest absolute Gasteiger partial charge is 0.0574 e. The van der Waals surface area contributed by atoms with Crippen LogP contribution in [0.25, 0.3) is 6.08 Å². The molecule has 1 aromatic rings. The van der Waals surface area contributed by atoms with Crippen molar-refractivity contribution >= 4 is 34.4 Å². The summed E-state index contributed by atoms with van der Waals surface area (Å²) in [4.78, 5) is 1.14. The highest BCUT2D eigenvalue weighted by Gasteiger charge is 2.07. The predicted molar refractivity (Wildman–Crippen MR) is 61.7 cm³/mol. The zero-order valence-corrected chi connectivity index (χ0v) is 8.44. The average molecular weight is 207 g/mol. The van der Waals surface area contributed by atoms with E-state index < -0.39 is 0 Å². The standard InChI is InChI=1S/C11H7ClS/c1-2-9-10(12)6-5-8-4-3-7-13-11(8)9/h1,3-7,13H. The molecule has 0 radical (unpaired) electrons. The average Bonchev–Trinajstić information content (AvgIpc) is 2.18. The second-order valence-corrected chi connectivity index (χ2v) is 4.05. The lowest BCUT2D eigenvalue weighted by atomic mass is 10.1. The first kappa shape index (κ1) is 8.62. The maximum atomic E-state index is 5.98. The van der Waals surface area contributed by atoms with E-state index in [0.29, 0.717) is 5.02 Å². The molecule has 1 aliphatic heterocycles. The van der Waals surface area contributed by atoms with Crippen molar-refractivity contribution in [3.05, 3.63) is 34.4 Å². The Morgan fingerprint density at radius 2 is 2.23 bits per heavy atom. The maximum Gasteiger partial charge on any atom is 0.0574 e. The first-order chi connectivity index (χ1) is 6.33. The van der Waals surface area contributed by atoms with Crippen LogP contribution < -0.4 is 0 Å². The van der Waals surface area contributed by atoms with Crippen LogP contribution in [0.5, 0.6) is 0 Å². The van der Waals surface area contributed by atoms with Crippen molar-refractivity contribution < 1.29 is 0 Å². The van der Waals surface area contributed by atoms with Gasteiger partial charge in [0, 0.05) is 4.90 Å². The minimum atomic E-state index is 0.664. The third-order valence-electron chi connectivity index (χ3n) is 1.87. The third kappa shape index (κ3) is 1.44. The molecule has 0 bridgehead atoms. The quantitative estimate of drug-likeness (QED) is 0.377. The molecule has 0 amide bonds. The van der Waals surface area contributed by atoms with Gasteiger partial charge in [-0.1, -0.05) is 35.7 Å². The van der Waals surface area contributed by atoms with Gasteiger partial charge in [-0.3, -0.25) is 0 Å². The second kappa shape index (κ2) is 3.41. The monoisotopic (exact) mass is 206 g/mol. The van der Waals surface area contributed by atoms with Crippen LogP contribution in [0.1, 0.15) is 11.1 Å². The molecule has 0 saturated carbocycles. The normalized spacial score (nSPS) is 12.9. The number of terminal acetylenes is 1. The molecule has 1 aromatic carbocycles. The van der Waals surface area contributed by atoms with Crippen LogP contribution in [0.4, 0.5) is 0 Å². The molecule has 13 heavy (non-hydrogen) atoms. The summed E-state index contributed by atoms with van der Waals surface area (Å²) in [5, 5.41) is 2.72. The highest BCUT2D eigenvalue weighted by molar-refractivity contribution is 7.98.